The van der Waals surface area contributed by atoms with Crippen LogP contribution in [-0.2, 0) is 29.6 Å². The van der Waals surface area contributed by atoms with E-state index in [2.05, 4.69) is 46.8 Å². The molecule has 0 unspecified atom stereocenters. The van der Waals surface area contributed by atoms with E-state index < -0.39 is 10.6 Å². The molecule has 0 aliphatic heterocycles. The number of carbonyl (C=O) groups excluding carboxylic acids is 1. The first kappa shape index (κ1) is 32.7. The molecule has 3 rings (SSSR count). The molecule has 1 aliphatic rings. The molecule has 38 heavy (non-hydrogen) atoms. The molecule has 0 radical (unpaired) electrons. The fourth-order valence-electron chi connectivity index (χ4n) is 5.68. The average Bonchev–Trinajstić information content (AvgIpc) is 2.86. The number of benzene rings is 2. The van der Waals surface area contributed by atoms with Crippen molar-refractivity contribution in [2.24, 2.45) is 0 Å². The second-order valence-electron chi connectivity index (χ2n) is 10.7. The predicted molar refractivity (Wildman–Crippen MR) is 164 cm³/mol. The number of halogens is 1. The Labute approximate surface area is 239 Å². The van der Waals surface area contributed by atoms with Crippen LogP contribution >= 0.6 is 11.6 Å². The van der Waals surface area contributed by atoms with Crippen molar-refractivity contribution in [3.05, 3.63) is 64.2 Å². The van der Waals surface area contributed by atoms with E-state index in [0.717, 1.165) is 80.7 Å². The first-order valence-electron chi connectivity index (χ1n) is 14.6. The van der Waals surface area contributed by atoms with E-state index in [4.69, 9.17) is 16.3 Å². The number of hydrogen-bond acceptors (Lipinski definition) is 3. The number of hydrogen-bond donors (Lipinski definition) is 0. The van der Waals surface area contributed by atoms with E-state index in [-0.39, 0.29) is 10.2 Å². The fourth-order valence-corrected chi connectivity index (χ4v) is 7.19. The van der Waals surface area contributed by atoms with Crippen LogP contribution in [0.4, 0.5) is 0 Å². The molecule has 1 aliphatic carbocycles. The number of carbonyl (C=O) groups is 1. The summed E-state index contributed by atoms with van der Waals surface area (Å²) in [6, 6.07) is 14.2. The molecule has 1 saturated carbocycles. The van der Waals surface area contributed by atoms with E-state index >= 15 is 0 Å². The van der Waals surface area contributed by atoms with E-state index in [0.29, 0.717) is 12.2 Å². The Morgan fingerprint density at radius 3 is 2.11 bits per heavy atom. The van der Waals surface area contributed by atoms with Crippen LogP contribution in [0.2, 0.25) is 5.02 Å². The number of Topliss-reactive ketones (excluding diaryl/α,β-unsaturated/α-hetero) is 1. The second kappa shape index (κ2) is 15.9. The molecule has 212 valence electrons. The molecule has 0 amide bonds. The Morgan fingerprint density at radius 1 is 1.00 bits per heavy atom. The molecular weight excluding hydrogens is 512 g/mol. The molecule has 1 fully saturated rings. The van der Waals surface area contributed by atoms with Gasteiger partial charge in [-0.3, -0.25) is 4.79 Å². The molecule has 0 aromatic heterocycles. The van der Waals surface area contributed by atoms with Gasteiger partial charge in [-0.25, -0.2) is 0 Å². The minimum absolute atomic E-state index is 0.0814. The summed E-state index contributed by atoms with van der Waals surface area (Å²) in [5, 5.41) is 0.728. The zero-order valence-corrected chi connectivity index (χ0v) is 26.1. The van der Waals surface area contributed by atoms with Gasteiger partial charge in [0.2, 0.25) is 0 Å². The Bertz CT molecular complexity index is 1070. The van der Waals surface area contributed by atoms with Gasteiger partial charge in [0.15, 0.2) is 0 Å². The van der Waals surface area contributed by atoms with Gasteiger partial charge in [0.1, 0.15) is 5.78 Å². The van der Waals surface area contributed by atoms with Gasteiger partial charge in [0, 0.05) is 11.4 Å². The van der Waals surface area contributed by atoms with E-state index in [1.165, 1.54) is 17.5 Å². The zero-order valence-electron chi connectivity index (χ0n) is 24.5. The average molecular weight is 561 g/mol. The zero-order chi connectivity index (χ0) is 28.2. The normalized spacial score (nSPS) is 14.4. The Balaban J connectivity index is 0.000000268. The molecule has 5 heteroatoms. The summed E-state index contributed by atoms with van der Waals surface area (Å²) in [7, 11) is -0.787. The van der Waals surface area contributed by atoms with Gasteiger partial charge in [-0.1, -0.05) is 51.3 Å². The Morgan fingerprint density at radius 2 is 1.63 bits per heavy atom. The summed E-state index contributed by atoms with van der Waals surface area (Å²) in [6.45, 7) is 11.4. The molecule has 3 nitrogen and oxygen atoms in total. The van der Waals surface area contributed by atoms with Crippen LogP contribution in [0, 0.1) is 6.92 Å². The molecule has 2 aromatic rings. The summed E-state index contributed by atoms with van der Waals surface area (Å²) in [4.78, 5) is 12.9. The number of ketones is 1. The Hall–Kier alpha value is -1.49. The molecule has 2 aromatic carbocycles. The third-order valence-electron chi connectivity index (χ3n) is 7.94. The molecule has 0 atom stereocenters. The van der Waals surface area contributed by atoms with Crippen molar-refractivity contribution in [1.82, 2.24) is 0 Å². The van der Waals surface area contributed by atoms with Crippen molar-refractivity contribution in [2.75, 3.05) is 12.9 Å². The van der Waals surface area contributed by atoms with Gasteiger partial charge in [0.05, 0.1) is 5.41 Å². The molecule has 0 N–H and O–H groups in total. The topological polar surface area (TPSA) is 46.2 Å². The third-order valence-corrected chi connectivity index (χ3v) is 9.92. The first-order valence-corrected chi connectivity index (χ1v) is 16.5. The maximum absolute atomic E-state index is 12.9. The number of aryl methyl sites for hydroxylation is 1. The number of unbranched alkanes of at least 4 members (excludes halogenated alkanes) is 1. The molecule has 0 saturated heterocycles. The molecule has 0 bridgehead atoms. The number of ether oxygens (including phenoxy) is 1. The molecular formula is C33H49ClO3S. The Kier molecular flexibility index (Phi) is 13.7. The summed E-state index contributed by atoms with van der Waals surface area (Å²) in [5.74, 6) is 1.30. The monoisotopic (exact) mass is 560 g/mol. The van der Waals surface area contributed by atoms with Gasteiger partial charge in [-0.2, -0.15) is 0 Å². The van der Waals surface area contributed by atoms with Crippen molar-refractivity contribution >= 4 is 28.0 Å². The van der Waals surface area contributed by atoms with Gasteiger partial charge >= 0.3 is 112 Å². The van der Waals surface area contributed by atoms with Gasteiger partial charge in [-0.05, 0) is 49.4 Å². The van der Waals surface area contributed by atoms with Crippen molar-refractivity contribution in [1.29, 1.82) is 0 Å². The molecule has 0 heterocycles. The second-order valence-corrected chi connectivity index (χ2v) is 12.9. The van der Waals surface area contributed by atoms with Crippen molar-refractivity contribution in [3.63, 3.8) is 0 Å². The van der Waals surface area contributed by atoms with Crippen LogP contribution in [0.3, 0.4) is 0 Å². The van der Waals surface area contributed by atoms with E-state index in [9.17, 15) is 8.84 Å². The van der Waals surface area contributed by atoms with Crippen LogP contribution in [0.5, 0.6) is 5.75 Å². The van der Waals surface area contributed by atoms with Crippen molar-refractivity contribution in [2.45, 2.75) is 115 Å². The van der Waals surface area contributed by atoms with E-state index in [1.807, 2.05) is 36.6 Å². The quantitative estimate of drug-likeness (QED) is 0.139. The molecule has 0 spiro atoms. The van der Waals surface area contributed by atoms with Crippen LogP contribution in [0.15, 0.2) is 42.5 Å². The van der Waals surface area contributed by atoms with Gasteiger partial charge < -0.3 is 0 Å². The summed E-state index contributed by atoms with van der Waals surface area (Å²) in [6.07, 6.45) is 12.8. The first-order chi connectivity index (χ1) is 18.2. The minimum atomic E-state index is -0.787. The maximum atomic E-state index is 12.9. The van der Waals surface area contributed by atoms with Crippen molar-refractivity contribution in [3.8, 4) is 5.75 Å². The van der Waals surface area contributed by atoms with Crippen LogP contribution in [-0.4, -0.2) is 18.6 Å². The van der Waals surface area contributed by atoms with Gasteiger partial charge in [-0.15, -0.1) is 0 Å². The van der Waals surface area contributed by atoms with Crippen molar-refractivity contribution < 1.29 is 13.6 Å². The third kappa shape index (κ3) is 8.02. The van der Waals surface area contributed by atoms with Crippen LogP contribution < -0.4 is 4.74 Å². The predicted octanol–water partition coefficient (Wildman–Crippen LogP) is 9.69. The number of rotatable bonds is 13. The SMILES string of the molecule is CCCC(=O)C(CCC)(CCC)c1cc(Cl)ccc1C.CCCCOc1ccc(C2([S-](C)#[O+])CCC2)cc1. The van der Waals surface area contributed by atoms with E-state index in [1.54, 1.807) is 0 Å². The standard InChI is InChI=1S/C18H27ClO.C15H22O2S/c1-5-8-17(20)18(11-6-2,12-7-3)16-13-15(19)10-9-14(16)4;1-3-4-12-17-14-8-6-13(7-9-14)15(18(2)16)10-5-11-15/h9-10,13H,5-8,11-12H2,1-4H3;6-9H,3-5,10-12H2,1-2H3. The summed E-state index contributed by atoms with van der Waals surface area (Å²) < 4.78 is 17.5. The van der Waals surface area contributed by atoms with Gasteiger partial charge in [0.25, 0.3) is 0 Å². The summed E-state index contributed by atoms with van der Waals surface area (Å²) in [5.41, 5.74) is 3.19. The summed E-state index contributed by atoms with van der Waals surface area (Å²) >= 11 is 6.19. The van der Waals surface area contributed by atoms with Crippen LogP contribution in [0.1, 0.15) is 115 Å². The fraction of sp³-hybridized carbons (Fsp3) is 0.606. The van der Waals surface area contributed by atoms with Crippen LogP contribution in [0.25, 0.3) is 0 Å².